The molecule has 2 atom stereocenters. The highest BCUT2D eigenvalue weighted by molar-refractivity contribution is 5.27. The van der Waals surface area contributed by atoms with Crippen LogP contribution in [0.1, 0.15) is 29.5 Å². The van der Waals surface area contributed by atoms with Crippen LogP contribution in [0.5, 0.6) is 0 Å². The molecule has 1 N–H and O–H groups in total. The minimum atomic E-state index is 0.431. The first-order chi connectivity index (χ1) is 8.34. The molecule has 3 rings (SSSR count). The number of rotatable bonds is 2. The highest BCUT2D eigenvalue weighted by Crippen LogP contribution is 2.37. The van der Waals surface area contributed by atoms with Gasteiger partial charge < -0.3 is 5.32 Å². The zero-order valence-electron chi connectivity index (χ0n) is 10.0. The lowest BCUT2D eigenvalue weighted by atomic mass is 9.90. The van der Waals surface area contributed by atoms with E-state index in [1.807, 2.05) is 17.9 Å². The highest BCUT2D eigenvalue weighted by Gasteiger charge is 2.29. The van der Waals surface area contributed by atoms with Gasteiger partial charge in [-0.15, -0.1) is 0 Å². The van der Waals surface area contributed by atoms with Crippen LogP contribution >= 0.6 is 0 Å². The summed E-state index contributed by atoms with van der Waals surface area (Å²) in [5.74, 6) is 0.547. The molecule has 0 bridgehead atoms. The van der Waals surface area contributed by atoms with Gasteiger partial charge in [0.2, 0.25) is 0 Å². The van der Waals surface area contributed by atoms with Gasteiger partial charge >= 0.3 is 0 Å². The van der Waals surface area contributed by atoms with E-state index in [-0.39, 0.29) is 0 Å². The van der Waals surface area contributed by atoms with Gasteiger partial charge in [-0.1, -0.05) is 30.3 Å². The summed E-state index contributed by atoms with van der Waals surface area (Å²) in [6.45, 7) is 1.08. The molecule has 0 amide bonds. The number of aromatic nitrogens is 2. The standard InChI is InChI=1S/C14H17N3/c1-17-10-12(9-16-17)13-7-8-15-14(13)11-5-3-2-4-6-11/h2-6,9-10,13-15H,7-8H2,1H3. The molecule has 3 heteroatoms. The Kier molecular flexibility index (Phi) is 2.69. The second-order valence-corrected chi connectivity index (χ2v) is 4.68. The third-order valence-corrected chi connectivity index (χ3v) is 3.53. The first-order valence-corrected chi connectivity index (χ1v) is 6.11. The van der Waals surface area contributed by atoms with Crippen LogP contribution in [0.2, 0.25) is 0 Å². The van der Waals surface area contributed by atoms with E-state index in [1.165, 1.54) is 17.5 Å². The van der Waals surface area contributed by atoms with Gasteiger partial charge in [0.25, 0.3) is 0 Å². The summed E-state index contributed by atoms with van der Waals surface area (Å²) >= 11 is 0. The predicted molar refractivity (Wildman–Crippen MR) is 67.8 cm³/mol. The number of nitrogens with zero attached hydrogens (tertiary/aromatic N) is 2. The van der Waals surface area contributed by atoms with Crippen molar-refractivity contribution in [2.24, 2.45) is 7.05 Å². The fourth-order valence-corrected chi connectivity index (χ4v) is 2.70. The Morgan fingerprint density at radius 1 is 1.24 bits per heavy atom. The van der Waals surface area contributed by atoms with E-state index in [9.17, 15) is 0 Å². The van der Waals surface area contributed by atoms with Gasteiger partial charge in [0.15, 0.2) is 0 Å². The molecule has 0 radical (unpaired) electrons. The van der Waals surface area contributed by atoms with E-state index in [4.69, 9.17) is 0 Å². The first-order valence-electron chi connectivity index (χ1n) is 6.11. The summed E-state index contributed by atoms with van der Waals surface area (Å²) in [5, 5.41) is 7.87. The Bertz CT molecular complexity index is 489. The van der Waals surface area contributed by atoms with Gasteiger partial charge in [-0.25, -0.2) is 0 Å². The molecule has 0 spiro atoms. The van der Waals surface area contributed by atoms with Crippen molar-refractivity contribution in [3.05, 3.63) is 53.9 Å². The topological polar surface area (TPSA) is 29.9 Å². The molecule has 2 aromatic rings. The lowest BCUT2D eigenvalue weighted by Gasteiger charge is -2.18. The maximum Gasteiger partial charge on any atom is 0.0525 e. The lowest BCUT2D eigenvalue weighted by molar-refractivity contribution is 0.577. The van der Waals surface area contributed by atoms with Crippen LogP contribution in [0.3, 0.4) is 0 Å². The van der Waals surface area contributed by atoms with Crippen LogP contribution in [-0.2, 0) is 7.05 Å². The van der Waals surface area contributed by atoms with Crippen molar-refractivity contribution in [1.82, 2.24) is 15.1 Å². The maximum atomic E-state index is 4.28. The van der Waals surface area contributed by atoms with Crippen LogP contribution < -0.4 is 5.32 Å². The first kappa shape index (κ1) is 10.5. The average molecular weight is 227 g/mol. The van der Waals surface area contributed by atoms with Gasteiger partial charge in [-0.05, 0) is 24.1 Å². The van der Waals surface area contributed by atoms with Gasteiger partial charge in [-0.3, -0.25) is 4.68 Å². The van der Waals surface area contributed by atoms with E-state index < -0.39 is 0 Å². The van der Waals surface area contributed by atoms with Crippen LogP contribution in [-0.4, -0.2) is 16.3 Å². The Morgan fingerprint density at radius 3 is 2.76 bits per heavy atom. The molecule has 2 unspecified atom stereocenters. The maximum absolute atomic E-state index is 4.28. The van der Waals surface area contributed by atoms with E-state index in [1.54, 1.807) is 0 Å². The van der Waals surface area contributed by atoms with Crippen molar-refractivity contribution in [2.75, 3.05) is 6.54 Å². The molecule has 1 fully saturated rings. The molecular weight excluding hydrogens is 210 g/mol. The van der Waals surface area contributed by atoms with Crippen molar-refractivity contribution < 1.29 is 0 Å². The Morgan fingerprint density at radius 2 is 2.06 bits per heavy atom. The minimum absolute atomic E-state index is 0.431. The molecule has 1 aromatic carbocycles. The summed E-state index contributed by atoms with van der Waals surface area (Å²) in [7, 11) is 1.98. The molecule has 88 valence electrons. The van der Waals surface area contributed by atoms with E-state index in [0.29, 0.717) is 12.0 Å². The molecule has 0 aliphatic carbocycles. The molecule has 1 aliphatic heterocycles. The number of hydrogen-bond donors (Lipinski definition) is 1. The third kappa shape index (κ3) is 1.98. The van der Waals surface area contributed by atoms with Gasteiger partial charge in [0.1, 0.15) is 0 Å². The second kappa shape index (κ2) is 4.34. The smallest absolute Gasteiger partial charge is 0.0525 e. The van der Waals surface area contributed by atoms with E-state index in [0.717, 1.165) is 6.54 Å². The summed E-state index contributed by atoms with van der Waals surface area (Å²) in [5.41, 5.74) is 2.71. The quantitative estimate of drug-likeness (QED) is 0.852. The lowest BCUT2D eigenvalue weighted by Crippen LogP contribution is -2.16. The molecule has 2 heterocycles. The Balaban J connectivity index is 1.90. The molecule has 17 heavy (non-hydrogen) atoms. The zero-order chi connectivity index (χ0) is 11.7. The zero-order valence-corrected chi connectivity index (χ0v) is 10.0. The largest absolute Gasteiger partial charge is 0.309 e. The normalized spacial score (nSPS) is 24.1. The fourth-order valence-electron chi connectivity index (χ4n) is 2.70. The van der Waals surface area contributed by atoms with Crippen molar-refractivity contribution in [1.29, 1.82) is 0 Å². The molecular formula is C14H17N3. The number of nitrogens with one attached hydrogen (secondary N) is 1. The Labute approximate surface area is 101 Å². The second-order valence-electron chi connectivity index (χ2n) is 4.68. The molecule has 1 aromatic heterocycles. The van der Waals surface area contributed by atoms with Gasteiger partial charge in [0, 0.05) is 25.2 Å². The molecule has 3 nitrogen and oxygen atoms in total. The van der Waals surface area contributed by atoms with E-state index >= 15 is 0 Å². The molecule has 0 saturated carbocycles. The van der Waals surface area contributed by atoms with Crippen molar-refractivity contribution in [3.63, 3.8) is 0 Å². The number of aryl methyl sites for hydroxylation is 1. The summed E-state index contributed by atoms with van der Waals surface area (Å²) in [4.78, 5) is 0. The van der Waals surface area contributed by atoms with Crippen molar-refractivity contribution >= 4 is 0 Å². The van der Waals surface area contributed by atoms with Crippen molar-refractivity contribution in [2.45, 2.75) is 18.4 Å². The summed E-state index contributed by atoms with van der Waals surface area (Å²) in [6, 6.07) is 11.1. The van der Waals surface area contributed by atoms with Crippen LogP contribution in [0.15, 0.2) is 42.7 Å². The predicted octanol–water partition coefficient (Wildman–Crippen LogP) is 2.24. The summed E-state index contributed by atoms with van der Waals surface area (Å²) < 4.78 is 1.88. The van der Waals surface area contributed by atoms with Crippen molar-refractivity contribution in [3.8, 4) is 0 Å². The van der Waals surface area contributed by atoms with Crippen LogP contribution in [0.4, 0.5) is 0 Å². The highest BCUT2D eigenvalue weighted by atomic mass is 15.2. The Hall–Kier alpha value is -1.61. The minimum Gasteiger partial charge on any atom is -0.309 e. The van der Waals surface area contributed by atoms with Crippen LogP contribution in [0, 0.1) is 0 Å². The fraction of sp³-hybridized carbons (Fsp3) is 0.357. The molecule has 1 saturated heterocycles. The number of hydrogen-bond acceptors (Lipinski definition) is 2. The monoisotopic (exact) mass is 227 g/mol. The third-order valence-electron chi connectivity index (χ3n) is 3.53. The average Bonchev–Trinajstić information content (AvgIpc) is 2.98. The summed E-state index contributed by atoms with van der Waals surface area (Å²) in [6.07, 6.45) is 5.31. The van der Waals surface area contributed by atoms with Crippen LogP contribution in [0.25, 0.3) is 0 Å². The SMILES string of the molecule is Cn1cc(C2CCNC2c2ccccc2)cn1. The molecule has 1 aliphatic rings. The van der Waals surface area contributed by atoms with Gasteiger partial charge in [0.05, 0.1) is 6.20 Å². The van der Waals surface area contributed by atoms with E-state index in [2.05, 4.69) is 46.9 Å². The van der Waals surface area contributed by atoms with Gasteiger partial charge in [-0.2, -0.15) is 5.10 Å². The number of benzene rings is 1.